The lowest BCUT2D eigenvalue weighted by atomic mass is 10.1. The molecular formula is C9H12N4O2. The molecule has 0 heterocycles. The molecule has 0 unspecified atom stereocenters. The topological polar surface area (TPSA) is 108 Å². The summed E-state index contributed by atoms with van der Waals surface area (Å²) in [6.45, 7) is 3.46. The Labute approximate surface area is 86.8 Å². The van der Waals surface area contributed by atoms with E-state index in [0.717, 1.165) is 5.56 Å². The number of hydrogen-bond donors (Lipinski definition) is 2. The van der Waals surface area contributed by atoms with Crippen LogP contribution in [0, 0.1) is 24.0 Å². The molecule has 0 aliphatic rings. The van der Waals surface area contributed by atoms with Crippen molar-refractivity contribution in [3.8, 4) is 0 Å². The Bertz CT molecular complexity index is 436. The summed E-state index contributed by atoms with van der Waals surface area (Å²) in [5.74, 6) is -0.115. The van der Waals surface area contributed by atoms with Gasteiger partial charge in [-0.15, -0.1) is 0 Å². The molecule has 0 fully saturated rings. The van der Waals surface area contributed by atoms with Crippen molar-refractivity contribution >= 4 is 17.3 Å². The summed E-state index contributed by atoms with van der Waals surface area (Å²) < 4.78 is 0. The van der Waals surface area contributed by atoms with E-state index in [1.807, 2.05) is 0 Å². The molecule has 0 saturated carbocycles. The zero-order valence-corrected chi connectivity index (χ0v) is 8.52. The fourth-order valence-electron chi connectivity index (χ4n) is 1.29. The van der Waals surface area contributed by atoms with Gasteiger partial charge >= 0.3 is 0 Å². The first kappa shape index (κ1) is 11.0. The van der Waals surface area contributed by atoms with Crippen molar-refractivity contribution in [2.24, 2.45) is 16.5 Å². The zero-order valence-electron chi connectivity index (χ0n) is 8.52. The average Bonchev–Trinajstić information content (AvgIpc) is 2.08. The molecule has 0 amide bonds. The highest BCUT2D eigenvalue weighted by Crippen LogP contribution is 2.27. The Morgan fingerprint density at radius 1 is 1.33 bits per heavy atom. The standard InChI is InChI=1S/C9H12N4O2/c1-5-3-6(2)8(13(14)15)4-7(5)12-9(10)11/h3-4H,1-2H3,(H4,10,11,12). The summed E-state index contributed by atoms with van der Waals surface area (Å²) >= 11 is 0. The number of benzene rings is 1. The quantitative estimate of drug-likeness (QED) is 0.328. The molecule has 6 nitrogen and oxygen atoms in total. The normalized spacial score (nSPS) is 9.73. The van der Waals surface area contributed by atoms with Crippen LogP contribution >= 0.6 is 0 Å². The third kappa shape index (κ3) is 2.43. The van der Waals surface area contributed by atoms with Gasteiger partial charge in [-0.2, -0.15) is 0 Å². The van der Waals surface area contributed by atoms with Crippen LogP contribution < -0.4 is 11.5 Å². The van der Waals surface area contributed by atoms with E-state index in [1.54, 1.807) is 19.9 Å². The van der Waals surface area contributed by atoms with Crippen LogP contribution in [0.4, 0.5) is 11.4 Å². The van der Waals surface area contributed by atoms with Gasteiger partial charge < -0.3 is 11.5 Å². The largest absolute Gasteiger partial charge is 0.370 e. The van der Waals surface area contributed by atoms with Crippen LogP contribution in [0.3, 0.4) is 0 Å². The van der Waals surface area contributed by atoms with E-state index in [-0.39, 0.29) is 11.6 Å². The predicted molar refractivity (Wildman–Crippen MR) is 58.0 cm³/mol. The lowest BCUT2D eigenvalue weighted by Crippen LogP contribution is -2.22. The number of nitrogens with two attached hydrogens (primary N) is 2. The SMILES string of the molecule is Cc1cc(C)c([N+](=O)[O-])cc1N=C(N)N. The number of nitro groups is 1. The Morgan fingerprint density at radius 2 is 1.93 bits per heavy atom. The third-order valence-corrected chi connectivity index (χ3v) is 1.96. The number of nitrogens with zero attached hydrogens (tertiary/aromatic N) is 2. The van der Waals surface area contributed by atoms with Gasteiger partial charge in [-0.25, -0.2) is 4.99 Å². The van der Waals surface area contributed by atoms with Gasteiger partial charge in [0.05, 0.1) is 10.6 Å². The minimum Gasteiger partial charge on any atom is -0.370 e. The van der Waals surface area contributed by atoms with Gasteiger partial charge in [-0.05, 0) is 25.5 Å². The van der Waals surface area contributed by atoms with E-state index in [2.05, 4.69) is 4.99 Å². The molecule has 1 aromatic carbocycles. The molecule has 0 aromatic heterocycles. The van der Waals surface area contributed by atoms with Gasteiger partial charge in [0.25, 0.3) is 5.69 Å². The maximum absolute atomic E-state index is 10.7. The van der Waals surface area contributed by atoms with Gasteiger partial charge in [0.15, 0.2) is 5.96 Å². The van der Waals surface area contributed by atoms with Crippen molar-refractivity contribution in [1.82, 2.24) is 0 Å². The molecule has 4 N–H and O–H groups in total. The molecule has 1 aromatic rings. The minimum absolute atomic E-state index is 0.0144. The first-order chi connectivity index (χ1) is 6.91. The summed E-state index contributed by atoms with van der Waals surface area (Å²) in [7, 11) is 0. The van der Waals surface area contributed by atoms with E-state index < -0.39 is 4.92 Å². The summed E-state index contributed by atoms with van der Waals surface area (Å²) in [4.78, 5) is 14.0. The molecule has 0 radical (unpaired) electrons. The van der Waals surface area contributed by atoms with Gasteiger partial charge in [0.2, 0.25) is 0 Å². The van der Waals surface area contributed by atoms with Crippen LogP contribution in [0.5, 0.6) is 0 Å². The second-order valence-corrected chi connectivity index (χ2v) is 3.22. The summed E-state index contributed by atoms with van der Waals surface area (Å²) in [5, 5.41) is 10.7. The minimum atomic E-state index is -0.458. The highest BCUT2D eigenvalue weighted by Gasteiger charge is 2.13. The zero-order chi connectivity index (χ0) is 11.6. The van der Waals surface area contributed by atoms with Gasteiger partial charge in [-0.1, -0.05) is 0 Å². The summed E-state index contributed by atoms with van der Waals surface area (Å²) in [6.07, 6.45) is 0. The van der Waals surface area contributed by atoms with Crippen LogP contribution in [-0.4, -0.2) is 10.9 Å². The van der Waals surface area contributed by atoms with Gasteiger partial charge in [0, 0.05) is 11.6 Å². The van der Waals surface area contributed by atoms with E-state index in [4.69, 9.17) is 11.5 Å². The molecule has 0 spiro atoms. The fraction of sp³-hybridized carbons (Fsp3) is 0.222. The lowest BCUT2D eigenvalue weighted by Gasteiger charge is -2.03. The molecule has 1 rings (SSSR count). The average molecular weight is 208 g/mol. The van der Waals surface area contributed by atoms with Crippen LogP contribution in [0.2, 0.25) is 0 Å². The highest BCUT2D eigenvalue weighted by molar-refractivity contribution is 5.80. The molecule has 0 aliphatic heterocycles. The molecule has 80 valence electrons. The van der Waals surface area contributed by atoms with Crippen molar-refractivity contribution in [3.05, 3.63) is 33.4 Å². The number of aliphatic imine (C=N–C) groups is 1. The van der Waals surface area contributed by atoms with E-state index in [9.17, 15) is 10.1 Å². The number of rotatable bonds is 2. The fourth-order valence-corrected chi connectivity index (χ4v) is 1.29. The number of aryl methyl sites for hydroxylation is 2. The molecule has 0 aliphatic carbocycles. The summed E-state index contributed by atoms with van der Waals surface area (Å²) in [5.41, 5.74) is 12.3. The van der Waals surface area contributed by atoms with E-state index >= 15 is 0 Å². The Balaban J connectivity index is 3.36. The first-order valence-electron chi connectivity index (χ1n) is 4.27. The number of hydrogen-bond acceptors (Lipinski definition) is 3. The van der Waals surface area contributed by atoms with Crippen molar-refractivity contribution < 1.29 is 4.92 Å². The molecular weight excluding hydrogens is 196 g/mol. The van der Waals surface area contributed by atoms with Crippen LogP contribution in [0.25, 0.3) is 0 Å². The highest BCUT2D eigenvalue weighted by atomic mass is 16.6. The lowest BCUT2D eigenvalue weighted by molar-refractivity contribution is -0.385. The number of guanidine groups is 1. The van der Waals surface area contributed by atoms with Crippen LogP contribution in [0.15, 0.2) is 17.1 Å². The summed E-state index contributed by atoms with van der Waals surface area (Å²) in [6, 6.07) is 3.05. The second-order valence-electron chi connectivity index (χ2n) is 3.22. The predicted octanol–water partition coefficient (Wildman–Crippen LogP) is 1.12. The van der Waals surface area contributed by atoms with Gasteiger partial charge in [-0.3, -0.25) is 10.1 Å². The van der Waals surface area contributed by atoms with Gasteiger partial charge in [0.1, 0.15) is 0 Å². The van der Waals surface area contributed by atoms with E-state index in [0.29, 0.717) is 11.3 Å². The monoisotopic (exact) mass is 208 g/mol. The second kappa shape index (κ2) is 3.95. The van der Waals surface area contributed by atoms with Crippen molar-refractivity contribution in [2.75, 3.05) is 0 Å². The van der Waals surface area contributed by atoms with Crippen molar-refractivity contribution in [3.63, 3.8) is 0 Å². The smallest absolute Gasteiger partial charge is 0.274 e. The van der Waals surface area contributed by atoms with E-state index in [1.165, 1.54) is 6.07 Å². The Hall–Kier alpha value is -2.11. The first-order valence-corrected chi connectivity index (χ1v) is 4.27. The molecule has 0 atom stereocenters. The third-order valence-electron chi connectivity index (χ3n) is 1.96. The Kier molecular flexibility index (Phi) is 2.89. The van der Waals surface area contributed by atoms with Crippen LogP contribution in [0.1, 0.15) is 11.1 Å². The number of nitro benzene ring substituents is 1. The maximum atomic E-state index is 10.7. The van der Waals surface area contributed by atoms with Crippen molar-refractivity contribution in [2.45, 2.75) is 13.8 Å². The van der Waals surface area contributed by atoms with Crippen LogP contribution in [-0.2, 0) is 0 Å². The van der Waals surface area contributed by atoms with Crippen molar-refractivity contribution in [1.29, 1.82) is 0 Å². The molecule has 0 bridgehead atoms. The molecule has 15 heavy (non-hydrogen) atoms. The molecule has 6 heteroatoms. The maximum Gasteiger partial charge on any atom is 0.274 e. The molecule has 0 saturated heterocycles. The Morgan fingerprint density at radius 3 is 2.40 bits per heavy atom.